The fourth-order valence-corrected chi connectivity index (χ4v) is 4.44. The molecule has 0 spiro atoms. The minimum absolute atomic E-state index is 0.444. The first-order valence-corrected chi connectivity index (χ1v) is 12.0. The number of nitrogens with one attached hydrogen (secondary N) is 2. The Morgan fingerprint density at radius 3 is 2.58 bits per heavy atom. The number of hydrogen-bond acceptors (Lipinski definition) is 3. The predicted molar refractivity (Wildman–Crippen MR) is 142 cm³/mol. The Kier molecular flexibility index (Phi) is 7.17. The standard InChI is InChI=1S/C24H24BrClN6S/c1-15-7-6-8-18(11-15)12-32-17(3)22(16(2)29-32)27-24(33)28-23-20(25)14-31(30-23)13-19-9-4-5-10-21(19)26/h4-11,14H,12-13H2,1-3H3,(H2,27,28,30,33). The van der Waals surface area contributed by atoms with Gasteiger partial charge in [-0.25, -0.2) is 0 Å². The summed E-state index contributed by atoms with van der Waals surface area (Å²) >= 11 is 15.4. The largest absolute Gasteiger partial charge is 0.329 e. The topological polar surface area (TPSA) is 59.7 Å². The van der Waals surface area contributed by atoms with E-state index < -0.39 is 0 Å². The van der Waals surface area contributed by atoms with E-state index in [-0.39, 0.29) is 0 Å². The Hall–Kier alpha value is -2.68. The summed E-state index contributed by atoms with van der Waals surface area (Å²) < 4.78 is 4.61. The zero-order valence-corrected chi connectivity index (χ0v) is 21.7. The van der Waals surface area contributed by atoms with E-state index in [0.29, 0.717) is 29.0 Å². The zero-order chi connectivity index (χ0) is 23.5. The van der Waals surface area contributed by atoms with E-state index in [1.54, 1.807) is 0 Å². The first kappa shape index (κ1) is 23.5. The highest BCUT2D eigenvalue weighted by molar-refractivity contribution is 9.10. The Morgan fingerprint density at radius 2 is 1.82 bits per heavy atom. The van der Waals surface area contributed by atoms with Crippen LogP contribution in [0.4, 0.5) is 11.5 Å². The van der Waals surface area contributed by atoms with Gasteiger partial charge in [0, 0.05) is 11.2 Å². The summed E-state index contributed by atoms with van der Waals surface area (Å²) in [5.74, 6) is 0.627. The smallest absolute Gasteiger partial charge is 0.176 e. The van der Waals surface area contributed by atoms with Crippen molar-refractivity contribution in [2.75, 3.05) is 10.6 Å². The maximum atomic E-state index is 6.28. The van der Waals surface area contributed by atoms with Crippen molar-refractivity contribution in [2.24, 2.45) is 0 Å². The summed E-state index contributed by atoms with van der Waals surface area (Å²) in [5, 5.41) is 16.9. The van der Waals surface area contributed by atoms with Crippen LogP contribution >= 0.6 is 39.7 Å². The van der Waals surface area contributed by atoms with E-state index >= 15 is 0 Å². The summed E-state index contributed by atoms with van der Waals surface area (Å²) in [6.07, 6.45) is 1.89. The fourth-order valence-electron chi connectivity index (χ4n) is 3.63. The fraction of sp³-hybridized carbons (Fsp3) is 0.208. The summed E-state index contributed by atoms with van der Waals surface area (Å²) in [7, 11) is 0. The van der Waals surface area contributed by atoms with Crippen molar-refractivity contribution in [1.82, 2.24) is 19.6 Å². The molecule has 2 aromatic carbocycles. The molecule has 2 N–H and O–H groups in total. The molecule has 4 rings (SSSR count). The number of aromatic nitrogens is 4. The van der Waals surface area contributed by atoms with Gasteiger partial charge in [0.25, 0.3) is 0 Å². The van der Waals surface area contributed by atoms with Crippen molar-refractivity contribution < 1.29 is 0 Å². The van der Waals surface area contributed by atoms with Crippen LogP contribution in [0.3, 0.4) is 0 Å². The van der Waals surface area contributed by atoms with Crippen LogP contribution in [-0.2, 0) is 13.1 Å². The lowest BCUT2D eigenvalue weighted by molar-refractivity contribution is 0.659. The van der Waals surface area contributed by atoms with Gasteiger partial charge in [0.1, 0.15) is 0 Å². The molecule has 9 heteroatoms. The van der Waals surface area contributed by atoms with Crippen LogP contribution in [0.1, 0.15) is 28.1 Å². The van der Waals surface area contributed by atoms with Gasteiger partial charge in [0.05, 0.1) is 34.6 Å². The second kappa shape index (κ2) is 10.1. The maximum Gasteiger partial charge on any atom is 0.176 e. The second-order valence-electron chi connectivity index (χ2n) is 7.89. The molecule has 2 heterocycles. The van der Waals surface area contributed by atoms with E-state index in [2.05, 4.69) is 62.9 Å². The molecular weight excluding hydrogens is 520 g/mol. The van der Waals surface area contributed by atoms with Crippen molar-refractivity contribution in [3.05, 3.63) is 92.3 Å². The zero-order valence-electron chi connectivity index (χ0n) is 18.6. The van der Waals surface area contributed by atoms with Crippen molar-refractivity contribution in [3.63, 3.8) is 0 Å². The summed E-state index contributed by atoms with van der Waals surface area (Å²) in [4.78, 5) is 0. The van der Waals surface area contributed by atoms with Crippen molar-refractivity contribution in [2.45, 2.75) is 33.9 Å². The van der Waals surface area contributed by atoms with Gasteiger partial charge < -0.3 is 10.6 Å². The Balaban J connectivity index is 1.44. The Labute approximate surface area is 212 Å². The third-order valence-electron chi connectivity index (χ3n) is 5.27. The predicted octanol–water partition coefficient (Wildman–Crippen LogP) is 6.33. The molecule has 0 amide bonds. The lowest BCUT2D eigenvalue weighted by Gasteiger charge is -2.10. The van der Waals surface area contributed by atoms with Crippen LogP contribution in [0.25, 0.3) is 0 Å². The molecule has 170 valence electrons. The van der Waals surface area contributed by atoms with Gasteiger partial charge in [0.2, 0.25) is 0 Å². The van der Waals surface area contributed by atoms with Crippen LogP contribution in [0, 0.1) is 20.8 Å². The van der Waals surface area contributed by atoms with Gasteiger partial charge in [-0.3, -0.25) is 9.36 Å². The maximum absolute atomic E-state index is 6.28. The number of benzene rings is 2. The number of anilines is 2. The third kappa shape index (κ3) is 5.63. The van der Waals surface area contributed by atoms with Crippen molar-refractivity contribution >= 4 is 56.4 Å². The summed E-state index contributed by atoms with van der Waals surface area (Å²) in [5.41, 5.74) is 6.23. The van der Waals surface area contributed by atoms with E-state index in [4.69, 9.17) is 28.9 Å². The van der Waals surface area contributed by atoms with Crippen LogP contribution in [0.2, 0.25) is 5.02 Å². The minimum atomic E-state index is 0.444. The van der Waals surface area contributed by atoms with E-state index in [9.17, 15) is 0 Å². The quantitative estimate of drug-likeness (QED) is 0.278. The first-order chi connectivity index (χ1) is 15.8. The van der Waals surface area contributed by atoms with Crippen LogP contribution in [-0.4, -0.2) is 24.7 Å². The van der Waals surface area contributed by atoms with E-state index in [0.717, 1.165) is 27.1 Å². The molecule has 0 aliphatic rings. The Bertz CT molecular complexity index is 1310. The average molecular weight is 544 g/mol. The molecule has 6 nitrogen and oxygen atoms in total. The van der Waals surface area contributed by atoms with E-state index in [1.165, 1.54) is 11.1 Å². The molecule has 0 bridgehead atoms. The van der Waals surface area contributed by atoms with Gasteiger partial charge >= 0.3 is 0 Å². The lowest BCUT2D eigenvalue weighted by atomic mass is 10.1. The van der Waals surface area contributed by atoms with Crippen LogP contribution < -0.4 is 10.6 Å². The normalized spacial score (nSPS) is 10.9. The first-order valence-electron chi connectivity index (χ1n) is 10.4. The van der Waals surface area contributed by atoms with Gasteiger partial charge in [-0.2, -0.15) is 10.2 Å². The lowest BCUT2D eigenvalue weighted by Crippen LogP contribution is -2.20. The van der Waals surface area contributed by atoms with Gasteiger partial charge in [-0.15, -0.1) is 0 Å². The summed E-state index contributed by atoms with van der Waals surface area (Å²) in [6, 6.07) is 16.2. The molecule has 0 aliphatic heterocycles. The number of nitrogens with zero attached hydrogens (tertiary/aromatic N) is 4. The molecule has 0 saturated heterocycles. The summed E-state index contributed by atoms with van der Waals surface area (Å²) in [6.45, 7) is 7.36. The third-order valence-corrected chi connectivity index (χ3v) is 6.43. The number of halogens is 2. The molecule has 0 aliphatic carbocycles. The van der Waals surface area contributed by atoms with Gasteiger partial charge in [-0.05, 0) is 66.1 Å². The highest BCUT2D eigenvalue weighted by atomic mass is 79.9. The number of aryl methyl sites for hydroxylation is 2. The van der Waals surface area contributed by atoms with Crippen molar-refractivity contribution in [3.8, 4) is 0 Å². The van der Waals surface area contributed by atoms with Gasteiger partial charge in [-0.1, -0.05) is 59.6 Å². The van der Waals surface area contributed by atoms with Gasteiger partial charge in [0.15, 0.2) is 10.9 Å². The molecule has 33 heavy (non-hydrogen) atoms. The molecule has 0 fully saturated rings. The number of thiocarbonyl (C=S) groups is 1. The van der Waals surface area contributed by atoms with Crippen LogP contribution in [0.5, 0.6) is 0 Å². The van der Waals surface area contributed by atoms with Crippen molar-refractivity contribution in [1.29, 1.82) is 0 Å². The molecule has 0 radical (unpaired) electrons. The molecule has 0 atom stereocenters. The minimum Gasteiger partial charge on any atom is -0.329 e. The second-order valence-corrected chi connectivity index (χ2v) is 9.56. The number of rotatable bonds is 6. The highest BCUT2D eigenvalue weighted by Crippen LogP contribution is 2.24. The molecule has 2 aromatic heterocycles. The molecule has 4 aromatic rings. The average Bonchev–Trinajstić information content (AvgIpc) is 3.23. The molecule has 0 saturated carbocycles. The number of hydrogen-bond donors (Lipinski definition) is 2. The van der Waals surface area contributed by atoms with Crippen LogP contribution in [0.15, 0.2) is 59.2 Å². The van der Waals surface area contributed by atoms with E-state index in [1.807, 2.05) is 53.7 Å². The molecular formula is C24H24BrClN6S. The SMILES string of the molecule is Cc1cccc(Cn2nc(C)c(NC(=S)Nc3nn(Cc4ccccc4Cl)cc3Br)c2C)c1. The molecule has 0 unspecified atom stereocenters. The highest BCUT2D eigenvalue weighted by Gasteiger charge is 2.15. The Morgan fingerprint density at radius 1 is 1.03 bits per heavy atom. The monoisotopic (exact) mass is 542 g/mol.